The molecule has 1 aromatic heterocycles. The second kappa shape index (κ2) is 4.61. The summed E-state index contributed by atoms with van der Waals surface area (Å²) in [6.07, 6.45) is 3.79. The van der Waals surface area contributed by atoms with Crippen molar-refractivity contribution in [3.63, 3.8) is 0 Å². The maximum atomic E-state index is 12.2. The van der Waals surface area contributed by atoms with E-state index in [4.69, 9.17) is 5.11 Å². The highest BCUT2D eigenvalue weighted by Crippen LogP contribution is 2.28. The molecular weight excluding hydrogens is 220 g/mol. The molecule has 0 aliphatic heterocycles. The van der Waals surface area contributed by atoms with Crippen LogP contribution in [0.4, 0.5) is 0 Å². The highest BCUT2D eigenvalue weighted by molar-refractivity contribution is 5.93. The van der Waals surface area contributed by atoms with Gasteiger partial charge in [-0.2, -0.15) is 0 Å². The highest BCUT2D eigenvalue weighted by atomic mass is 16.4. The minimum Gasteiger partial charge on any atom is -0.481 e. The number of carboxylic acid groups (broad SMARTS) is 1. The van der Waals surface area contributed by atoms with Crippen molar-refractivity contribution in [2.45, 2.75) is 25.3 Å². The fourth-order valence-corrected chi connectivity index (χ4v) is 1.88. The molecule has 1 aliphatic rings. The van der Waals surface area contributed by atoms with E-state index in [-0.39, 0.29) is 18.4 Å². The Morgan fingerprint density at radius 3 is 2.71 bits per heavy atom. The molecule has 0 saturated heterocycles. The van der Waals surface area contributed by atoms with Gasteiger partial charge in [-0.05, 0) is 25.0 Å². The first-order valence-electron chi connectivity index (χ1n) is 5.73. The number of aliphatic carboxylic acids is 1. The smallest absolute Gasteiger partial charge is 0.305 e. The lowest BCUT2D eigenvalue weighted by Gasteiger charge is -2.21. The van der Waals surface area contributed by atoms with Crippen LogP contribution in [0.5, 0.6) is 0 Å². The molecule has 1 amide bonds. The SMILES string of the molecule is Cn1cccc1C(=O)N(CCC(=O)O)C1CC1. The van der Waals surface area contributed by atoms with E-state index in [1.54, 1.807) is 15.5 Å². The van der Waals surface area contributed by atoms with Gasteiger partial charge in [-0.3, -0.25) is 9.59 Å². The maximum absolute atomic E-state index is 12.2. The first-order valence-corrected chi connectivity index (χ1v) is 5.73. The fraction of sp³-hybridized carbons (Fsp3) is 0.500. The van der Waals surface area contributed by atoms with Gasteiger partial charge in [0.05, 0.1) is 6.42 Å². The molecule has 5 nitrogen and oxygen atoms in total. The Labute approximate surface area is 99.6 Å². The van der Waals surface area contributed by atoms with Crippen LogP contribution in [0.25, 0.3) is 0 Å². The Bertz CT molecular complexity index is 435. The zero-order valence-corrected chi connectivity index (χ0v) is 9.80. The average molecular weight is 236 g/mol. The first kappa shape index (κ1) is 11.7. The average Bonchev–Trinajstić information content (AvgIpc) is 3.00. The van der Waals surface area contributed by atoms with Crippen molar-refractivity contribution < 1.29 is 14.7 Å². The standard InChI is InChI=1S/C12H16N2O3/c1-13-7-2-3-10(13)12(17)14(9-4-5-9)8-6-11(15)16/h2-3,7,9H,4-6,8H2,1H3,(H,15,16). The molecule has 0 bridgehead atoms. The molecule has 1 aromatic rings. The second-order valence-corrected chi connectivity index (χ2v) is 4.38. The molecule has 92 valence electrons. The maximum Gasteiger partial charge on any atom is 0.305 e. The zero-order valence-electron chi connectivity index (χ0n) is 9.80. The van der Waals surface area contributed by atoms with E-state index in [9.17, 15) is 9.59 Å². The lowest BCUT2D eigenvalue weighted by molar-refractivity contribution is -0.137. The summed E-state index contributed by atoms with van der Waals surface area (Å²) in [6.45, 7) is 0.296. The van der Waals surface area contributed by atoms with Crippen molar-refractivity contribution in [2.75, 3.05) is 6.54 Å². The van der Waals surface area contributed by atoms with Crippen LogP contribution in [0.15, 0.2) is 18.3 Å². The summed E-state index contributed by atoms with van der Waals surface area (Å²) in [5.74, 6) is -0.934. The second-order valence-electron chi connectivity index (χ2n) is 4.38. The zero-order chi connectivity index (χ0) is 12.4. The predicted octanol–water partition coefficient (Wildman–Crippen LogP) is 1.10. The molecule has 1 N–H and O–H groups in total. The summed E-state index contributed by atoms with van der Waals surface area (Å²) in [5.41, 5.74) is 0.613. The number of nitrogens with zero attached hydrogens (tertiary/aromatic N) is 2. The minimum absolute atomic E-state index is 0.00661. The third-order valence-corrected chi connectivity index (χ3v) is 2.98. The molecule has 0 unspecified atom stereocenters. The van der Waals surface area contributed by atoms with Crippen molar-refractivity contribution in [2.24, 2.45) is 7.05 Å². The number of rotatable bonds is 5. The summed E-state index contributed by atoms with van der Waals surface area (Å²) in [7, 11) is 1.81. The molecule has 0 radical (unpaired) electrons. The Morgan fingerprint density at radius 1 is 1.53 bits per heavy atom. The molecule has 0 spiro atoms. The quantitative estimate of drug-likeness (QED) is 0.832. The van der Waals surface area contributed by atoms with Crippen LogP contribution in [0.1, 0.15) is 29.8 Å². The van der Waals surface area contributed by atoms with E-state index in [1.807, 2.05) is 19.3 Å². The Balaban J connectivity index is 2.08. The van der Waals surface area contributed by atoms with Gasteiger partial charge in [0.15, 0.2) is 0 Å². The number of hydrogen-bond donors (Lipinski definition) is 1. The molecule has 1 heterocycles. The summed E-state index contributed by atoms with van der Waals surface area (Å²) in [6, 6.07) is 3.81. The van der Waals surface area contributed by atoms with E-state index in [2.05, 4.69) is 0 Å². The lowest BCUT2D eigenvalue weighted by Crippen LogP contribution is -2.35. The summed E-state index contributed by atoms with van der Waals surface area (Å²) in [5, 5.41) is 8.69. The normalized spacial score (nSPS) is 14.6. The lowest BCUT2D eigenvalue weighted by atomic mass is 10.3. The van der Waals surface area contributed by atoms with Gasteiger partial charge in [0.1, 0.15) is 5.69 Å². The third kappa shape index (κ3) is 2.67. The van der Waals surface area contributed by atoms with Crippen LogP contribution < -0.4 is 0 Å². The van der Waals surface area contributed by atoms with Gasteiger partial charge in [0, 0.05) is 25.8 Å². The van der Waals surface area contributed by atoms with Crippen LogP contribution in [-0.4, -0.2) is 39.0 Å². The van der Waals surface area contributed by atoms with Gasteiger partial charge in [0.25, 0.3) is 5.91 Å². The van der Waals surface area contributed by atoms with Gasteiger partial charge in [-0.1, -0.05) is 0 Å². The first-order chi connectivity index (χ1) is 8.09. The molecule has 0 atom stereocenters. The topological polar surface area (TPSA) is 62.5 Å². The highest BCUT2D eigenvalue weighted by Gasteiger charge is 2.33. The van der Waals surface area contributed by atoms with Crippen LogP contribution >= 0.6 is 0 Å². The van der Waals surface area contributed by atoms with Crippen molar-refractivity contribution in [1.29, 1.82) is 0 Å². The van der Waals surface area contributed by atoms with E-state index < -0.39 is 5.97 Å². The van der Waals surface area contributed by atoms with Crippen molar-refractivity contribution in [1.82, 2.24) is 9.47 Å². The van der Waals surface area contributed by atoms with Crippen molar-refractivity contribution in [3.05, 3.63) is 24.0 Å². The number of amides is 1. The molecule has 1 aliphatic carbocycles. The largest absolute Gasteiger partial charge is 0.481 e. The van der Waals surface area contributed by atoms with Gasteiger partial charge in [-0.25, -0.2) is 0 Å². The summed E-state index contributed by atoms with van der Waals surface area (Å²) < 4.78 is 1.76. The minimum atomic E-state index is -0.865. The van der Waals surface area contributed by atoms with Gasteiger partial charge < -0.3 is 14.6 Å². The van der Waals surface area contributed by atoms with E-state index in [1.165, 1.54) is 0 Å². The third-order valence-electron chi connectivity index (χ3n) is 2.98. The molecule has 5 heteroatoms. The van der Waals surface area contributed by atoms with E-state index >= 15 is 0 Å². The molecule has 1 saturated carbocycles. The van der Waals surface area contributed by atoms with E-state index in [0.717, 1.165) is 12.8 Å². The molecule has 17 heavy (non-hydrogen) atoms. The number of carboxylic acids is 1. The number of aryl methyl sites for hydroxylation is 1. The summed E-state index contributed by atoms with van der Waals surface area (Å²) in [4.78, 5) is 24.5. The van der Waals surface area contributed by atoms with Gasteiger partial charge in [0.2, 0.25) is 0 Å². The van der Waals surface area contributed by atoms with Crippen LogP contribution in [0.2, 0.25) is 0 Å². The fourth-order valence-electron chi connectivity index (χ4n) is 1.88. The number of aromatic nitrogens is 1. The monoisotopic (exact) mass is 236 g/mol. The van der Waals surface area contributed by atoms with Crippen LogP contribution in [-0.2, 0) is 11.8 Å². The van der Waals surface area contributed by atoms with E-state index in [0.29, 0.717) is 12.2 Å². The molecule has 0 aromatic carbocycles. The van der Waals surface area contributed by atoms with Gasteiger partial charge in [-0.15, -0.1) is 0 Å². The Kier molecular flexibility index (Phi) is 3.17. The van der Waals surface area contributed by atoms with Crippen LogP contribution in [0, 0.1) is 0 Å². The number of carbonyl (C=O) groups excluding carboxylic acids is 1. The predicted molar refractivity (Wildman–Crippen MR) is 61.7 cm³/mol. The molecule has 2 rings (SSSR count). The molecular formula is C12H16N2O3. The number of carbonyl (C=O) groups is 2. The van der Waals surface area contributed by atoms with Crippen LogP contribution in [0.3, 0.4) is 0 Å². The van der Waals surface area contributed by atoms with Crippen molar-refractivity contribution >= 4 is 11.9 Å². The summed E-state index contributed by atoms with van der Waals surface area (Å²) >= 11 is 0. The van der Waals surface area contributed by atoms with Crippen molar-refractivity contribution in [3.8, 4) is 0 Å². The molecule has 1 fully saturated rings. The Morgan fingerprint density at radius 2 is 2.24 bits per heavy atom. The van der Waals surface area contributed by atoms with Gasteiger partial charge >= 0.3 is 5.97 Å². The number of hydrogen-bond acceptors (Lipinski definition) is 2. The Hall–Kier alpha value is -1.78.